The molecular formula is C32H39F3N4O6. The van der Waals surface area contributed by atoms with Gasteiger partial charge in [-0.2, -0.15) is 13.2 Å². The lowest BCUT2D eigenvalue weighted by molar-refractivity contribution is -0.139. The minimum atomic E-state index is -4.86. The van der Waals surface area contributed by atoms with Gasteiger partial charge in [0, 0.05) is 30.6 Å². The van der Waals surface area contributed by atoms with E-state index in [4.69, 9.17) is 11.1 Å². The predicted molar refractivity (Wildman–Crippen MR) is 157 cm³/mol. The van der Waals surface area contributed by atoms with Gasteiger partial charge in [-0.15, -0.1) is 0 Å². The molecule has 1 amide bonds. The summed E-state index contributed by atoms with van der Waals surface area (Å²) in [5.41, 5.74) is -1.36. The van der Waals surface area contributed by atoms with Crippen LogP contribution < -0.4 is 5.73 Å². The Morgan fingerprint density at radius 1 is 1.18 bits per heavy atom. The van der Waals surface area contributed by atoms with E-state index in [9.17, 15) is 43.2 Å². The first-order valence-electron chi connectivity index (χ1n) is 15.4. The van der Waals surface area contributed by atoms with Crippen molar-refractivity contribution in [3.05, 3.63) is 51.0 Å². The standard InChI is InChI=1S/C32H39F3N4O6/c1-13(15-6-7-15)39(11-14-4-5-14)12-17-10-20(40)22-18(24(17)32(33,34)35)8-16-9-19-25(38(2)3)27(42)23(30(37)44)28(36)31(19,45)29(43)21(16)26(22)41/h10,13-16,19,25,36,40,42-43,45H,4-9,11-12H2,1-3H3,(H2,37,44)/t13-,16+,19+,25+,31-/m1/s1. The minimum absolute atomic E-state index is 0.0482. The first kappa shape index (κ1) is 31.6. The first-order valence-corrected chi connectivity index (χ1v) is 15.4. The maximum atomic E-state index is 15.0. The number of primary amides is 1. The van der Waals surface area contributed by atoms with Crippen LogP contribution >= 0.6 is 0 Å². The molecule has 5 atom stereocenters. The Hall–Kier alpha value is -3.42. The molecule has 0 aliphatic heterocycles. The van der Waals surface area contributed by atoms with Crippen LogP contribution in [0.15, 0.2) is 28.7 Å². The summed E-state index contributed by atoms with van der Waals surface area (Å²) in [6, 6.07) is -0.105. The number of benzene rings is 1. The Morgan fingerprint density at radius 3 is 2.36 bits per heavy atom. The molecule has 0 bridgehead atoms. The molecular weight excluding hydrogens is 593 g/mol. The molecule has 0 unspecified atom stereocenters. The van der Waals surface area contributed by atoms with Gasteiger partial charge < -0.3 is 31.6 Å². The zero-order valence-electron chi connectivity index (χ0n) is 25.4. The number of allylic oxidation sites excluding steroid dienone is 1. The van der Waals surface area contributed by atoms with Gasteiger partial charge in [-0.3, -0.25) is 19.4 Å². The van der Waals surface area contributed by atoms with Crippen LogP contribution in [0.4, 0.5) is 13.2 Å². The smallest absolute Gasteiger partial charge is 0.417 e. The van der Waals surface area contributed by atoms with Crippen molar-refractivity contribution >= 4 is 17.4 Å². The van der Waals surface area contributed by atoms with Gasteiger partial charge in [0.15, 0.2) is 11.4 Å². The summed E-state index contributed by atoms with van der Waals surface area (Å²) in [7, 11) is 3.04. The number of fused-ring (bicyclic) bond motifs is 3. The number of nitrogens with one attached hydrogen (secondary N) is 1. The number of carbonyl (C=O) groups is 2. The van der Waals surface area contributed by atoms with Gasteiger partial charge in [0.2, 0.25) is 0 Å². The molecule has 13 heteroatoms. The van der Waals surface area contributed by atoms with Crippen molar-refractivity contribution in [2.45, 2.75) is 75.9 Å². The number of nitrogens with zero attached hydrogens (tertiary/aromatic N) is 2. The summed E-state index contributed by atoms with van der Waals surface area (Å²) in [5, 5.41) is 54.0. The summed E-state index contributed by atoms with van der Waals surface area (Å²) in [4.78, 5) is 29.7. The Morgan fingerprint density at radius 2 is 1.82 bits per heavy atom. The highest BCUT2D eigenvalue weighted by Crippen LogP contribution is 2.54. The van der Waals surface area contributed by atoms with Crippen LogP contribution in [0.25, 0.3) is 0 Å². The first-order chi connectivity index (χ1) is 21.0. The van der Waals surface area contributed by atoms with Crippen LogP contribution in [-0.4, -0.2) is 86.0 Å². The quantitative estimate of drug-likeness (QED) is 0.252. The molecule has 0 spiro atoms. The average Bonchev–Trinajstić information content (AvgIpc) is 3.84. The number of hydrogen-bond acceptors (Lipinski definition) is 9. The van der Waals surface area contributed by atoms with Gasteiger partial charge in [0.1, 0.15) is 22.8 Å². The van der Waals surface area contributed by atoms with E-state index in [1.165, 1.54) is 19.0 Å². The van der Waals surface area contributed by atoms with Crippen LogP contribution in [0.1, 0.15) is 66.1 Å². The van der Waals surface area contributed by atoms with Crippen LogP contribution in [0, 0.1) is 29.1 Å². The van der Waals surface area contributed by atoms with Crippen LogP contribution in [-0.2, 0) is 23.9 Å². The third kappa shape index (κ3) is 4.94. The third-order valence-corrected chi connectivity index (χ3v) is 10.6. The fraction of sp³-hybridized carbons (Fsp3) is 0.594. The van der Waals surface area contributed by atoms with Crippen molar-refractivity contribution in [2.75, 3.05) is 20.6 Å². The van der Waals surface area contributed by atoms with E-state index in [1.807, 2.05) is 6.92 Å². The lowest BCUT2D eigenvalue weighted by atomic mass is 9.58. The van der Waals surface area contributed by atoms with Crippen LogP contribution in [0.5, 0.6) is 5.75 Å². The fourth-order valence-corrected chi connectivity index (χ4v) is 8.02. The SMILES string of the molecule is C[C@H](C1CC1)N(Cc1cc(O)c2c(c1C(F)(F)F)C[C@H]1C[C@H]3[C@H](N(C)C)C(O)=C(C(N)=O)C(=N)[C@@]3(O)C(O)=C1C2=O)CC1CC1. The number of alkyl halides is 3. The second-order valence-corrected chi connectivity index (χ2v) is 13.7. The number of aliphatic hydroxyl groups is 3. The zero-order valence-corrected chi connectivity index (χ0v) is 25.4. The summed E-state index contributed by atoms with van der Waals surface area (Å²) < 4.78 is 44.9. The van der Waals surface area contributed by atoms with Crippen LogP contribution in [0.3, 0.4) is 0 Å². The monoisotopic (exact) mass is 632 g/mol. The van der Waals surface area contributed by atoms with E-state index in [-0.39, 0.29) is 36.6 Å². The number of phenols is 1. The van der Waals surface area contributed by atoms with Crippen molar-refractivity contribution < 1.29 is 43.2 Å². The molecule has 0 aromatic heterocycles. The number of halogens is 3. The van der Waals surface area contributed by atoms with Crippen molar-refractivity contribution in [1.29, 1.82) is 5.41 Å². The number of nitrogens with two attached hydrogens (primary N) is 1. The Balaban J connectivity index is 1.48. The molecule has 45 heavy (non-hydrogen) atoms. The van der Waals surface area contributed by atoms with Crippen molar-refractivity contribution in [2.24, 2.45) is 29.4 Å². The number of carbonyl (C=O) groups excluding carboxylic acids is 2. The molecule has 5 aliphatic carbocycles. The van der Waals surface area contributed by atoms with Gasteiger partial charge in [-0.25, -0.2) is 0 Å². The Kier molecular flexibility index (Phi) is 7.41. The molecule has 244 valence electrons. The van der Waals surface area contributed by atoms with E-state index in [1.54, 1.807) is 0 Å². The average molecular weight is 633 g/mol. The number of aliphatic hydroxyl groups excluding tert-OH is 2. The highest BCUT2D eigenvalue weighted by atomic mass is 19.4. The molecule has 0 saturated heterocycles. The Labute approximate surface area is 258 Å². The minimum Gasteiger partial charge on any atom is -0.510 e. The third-order valence-electron chi connectivity index (χ3n) is 10.6. The highest BCUT2D eigenvalue weighted by molar-refractivity contribution is 6.26. The second kappa shape index (κ2) is 10.6. The number of ketones is 1. The molecule has 2 saturated carbocycles. The Bertz CT molecular complexity index is 1560. The van der Waals surface area contributed by atoms with E-state index in [0.29, 0.717) is 18.4 Å². The highest BCUT2D eigenvalue weighted by Gasteiger charge is 2.62. The molecule has 0 radical (unpaired) electrons. The molecule has 10 nitrogen and oxygen atoms in total. The van der Waals surface area contributed by atoms with Gasteiger partial charge in [0.05, 0.1) is 22.9 Å². The van der Waals surface area contributed by atoms with Crippen LogP contribution in [0.2, 0.25) is 0 Å². The molecule has 7 N–H and O–H groups in total. The predicted octanol–water partition coefficient (Wildman–Crippen LogP) is 3.60. The van der Waals surface area contributed by atoms with Gasteiger partial charge in [0.25, 0.3) is 5.91 Å². The largest absolute Gasteiger partial charge is 0.510 e. The zero-order chi connectivity index (χ0) is 32.9. The number of likely N-dealkylation sites (N-methyl/N-ethyl adjacent to an activating group) is 1. The maximum Gasteiger partial charge on any atom is 0.417 e. The second-order valence-electron chi connectivity index (χ2n) is 13.7. The van der Waals surface area contributed by atoms with Gasteiger partial charge in [-0.05, 0) is 94.5 Å². The lowest BCUT2D eigenvalue weighted by Crippen LogP contribution is -2.63. The molecule has 2 fully saturated rings. The maximum absolute atomic E-state index is 15.0. The number of Topliss-reactive ketones (excluding diaryl/α,β-unsaturated/α-hetero) is 1. The van der Waals surface area contributed by atoms with Gasteiger partial charge >= 0.3 is 6.18 Å². The fourth-order valence-electron chi connectivity index (χ4n) is 8.02. The summed E-state index contributed by atoms with van der Waals surface area (Å²) in [6.07, 6.45) is -1.38. The normalized spacial score (nSPS) is 29.2. The number of hydrogen-bond donors (Lipinski definition) is 6. The number of aromatic hydroxyl groups is 1. The van der Waals surface area contributed by atoms with Crippen molar-refractivity contribution in [3.63, 3.8) is 0 Å². The number of phenolic OH excluding ortho intramolecular Hbond substituents is 1. The number of amides is 1. The molecule has 5 aliphatic rings. The van der Waals surface area contributed by atoms with Crippen molar-refractivity contribution in [1.82, 2.24) is 9.80 Å². The topological polar surface area (TPSA) is 171 Å². The summed E-state index contributed by atoms with van der Waals surface area (Å²) in [6.45, 7) is 2.62. The van der Waals surface area contributed by atoms with E-state index < -0.39 is 86.6 Å². The molecule has 6 rings (SSSR count). The summed E-state index contributed by atoms with van der Waals surface area (Å²) >= 11 is 0. The molecule has 1 aromatic carbocycles. The molecule has 0 heterocycles. The summed E-state index contributed by atoms with van der Waals surface area (Å²) in [5.74, 6) is -6.01. The van der Waals surface area contributed by atoms with E-state index >= 15 is 0 Å². The number of rotatable bonds is 8. The van der Waals surface area contributed by atoms with Gasteiger partial charge in [-0.1, -0.05) is 0 Å². The van der Waals surface area contributed by atoms with E-state index in [2.05, 4.69) is 4.90 Å². The van der Waals surface area contributed by atoms with E-state index in [0.717, 1.165) is 31.7 Å². The van der Waals surface area contributed by atoms with Crippen molar-refractivity contribution in [3.8, 4) is 5.75 Å². The lowest BCUT2D eigenvalue weighted by Gasteiger charge is -2.51. The molecule has 1 aromatic rings.